The van der Waals surface area contributed by atoms with Crippen LogP contribution in [0, 0.1) is 0 Å². The Morgan fingerprint density at radius 3 is 2.24 bits per heavy atom. The molecule has 0 atom stereocenters. The van der Waals surface area contributed by atoms with Crippen LogP contribution in [0.3, 0.4) is 0 Å². The maximum absolute atomic E-state index is 12.2. The summed E-state index contributed by atoms with van der Waals surface area (Å²) in [4.78, 5) is 17.0. The van der Waals surface area contributed by atoms with Crippen molar-refractivity contribution < 1.29 is 13.2 Å². The highest BCUT2D eigenvalue weighted by Gasteiger charge is 2.10. The Balaban J connectivity index is 1.27. The van der Waals surface area contributed by atoms with Crippen LogP contribution in [0.2, 0.25) is 0 Å². The number of urea groups is 1. The highest BCUT2D eigenvalue weighted by molar-refractivity contribution is 9.10. The molecule has 2 heterocycles. The van der Waals surface area contributed by atoms with Crippen molar-refractivity contribution >= 4 is 43.1 Å². The molecule has 2 aromatic heterocycles. The lowest BCUT2D eigenvalue weighted by Crippen LogP contribution is -2.28. The van der Waals surface area contributed by atoms with Crippen molar-refractivity contribution in [3.63, 3.8) is 0 Å². The van der Waals surface area contributed by atoms with E-state index >= 15 is 0 Å². The van der Waals surface area contributed by atoms with Gasteiger partial charge in [-0.3, -0.25) is 4.40 Å². The number of nitrogens with zero attached hydrogens (tertiary/aromatic N) is 2. The first-order valence-electron chi connectivity index (χ1n) is 11.4. The molecule has 5 aromatic rings. The molecule has 3 aromatic carbocycles. The monoisotopic (exact) mass is 574 g/mol. The lowest BCUT2D eigenvalue weighted by molar-refractivity contribution is 0.251. The maximum atomic E-state index is 12.2. The number of anilines is 1. The SMILES string of the molecule is CS(=O)(=O)c1ccc(-c2ccn3c(-c4ccc(CNC(=O)Nc5ccc(Br)cc5)cc4)cnc3c2)cc1. The number of aromatic nitrogens is 2. The second-order valence-electron chi connectivity index (χ2n) is 8.60. The molecule has 2 amide bonds. The Morgan fingerprint density at radius 1 is 0.892 bits per heavy atom. The van der Waals surface area contributed by atoms with E-state index in [1.165, 1.54) is 6.26 Å². The van der Waals surface area contributed by atoms with Crippen LogP contribution in [-0.4, -0.2) is 30.1 Å². The topological polar surface area (TPSA) is 92.6 Å². The summed E-state index contributed by atoms with van der Waals surface area (Å²) in [6.07, 6.45) is 4.98. The van der Waals surface area contributed by atoms with Crippen LogP contribution in [0.1, 0.15) is 5.56 Å². The van der Waals surface area contributed by atoms with Gasteiger partial charge in [0.25, 0.3) is 0 Å². The zero-order valence-corrected chi connectivity index (χ0v) is 22.3. The Labute approximate surface area is 223 Å². The lowest BCUT2D eigenvalue weighted by Gasteiger charge is -2.09. The number of pyridine rings is 1. The highest BCUT2D eigenvalue weighted by atomic mass is 79.9. The van der Waals surface area contributed by atoms with Crippen molar-refractivity contribution in [2.45, 2.75) is 11.4 Å². The number of hydrogen-bond donors (Lipinski definition) is 2. The minimum absolute atomic E-state index is 0.269. The standard InChI is InChI=1S/C28H23BrN4O3S/c1-37(35,36)25-12-6-20(7-13-25)22-14-15-33-26(18-30-27(33)16-22)21-4-2-19(3-5-21)17-31-28(34)32-24-10-8-23(29)9-11-24/h2-16,18H,17H2,1H3,(H2,31,32,34). The van der Waals surface area contributed by atoms with Crippen molar-refractivity contribution in [3.05, 3.63) is 107 Å². The number of halogens is 1. The van der Waals surface area contributed by atoms with Crippen LogP contribution >= 0.6 is 15.9 Å². The van der Waals surface area contributed by atoms with E-state index in [0.29, 0.717) is 11.4 Å². The van der Waals surface area contributed by atoms with Crippen molar-refractivity contribution in [3.8, 4) is 22.4 Å². The molecule has 186 valence electrons. The van der Waals surface area contributed by atoms with E-state index in [0.717, 1.165) is 43.8 Å². The van der Waals surface area contributed by atoms with Gasteiger partial charge in [0.1, 0.15) is 5.65 Å². The van der Waals surface area contributed by atoms with Gasteiger partial charge < -0.3 is 10.6 Å². The third-order valence-electron chi connectivity index (χ3n) is 5.93. The molecule has 0 radical (unpaired) electrons. The van der Waals surface area contributed by atoms with Gasteiger partial charge >= 0.3 is 6.03 Å². The van der Waals surface area contributed by atoms with E-state index in [1.807, 2.05) is 77.5 Å². The fraction of sp³-hybridized carbons (Fsp3) is 0.0714. The molecule has 0 fully saturated rings. The Morgan fingerprint density at radius 2 is 1.57 bits per heavy atom. The van der Waals surface area contributed by atoms with Crippen molar-refractivity contribution in [1.82, 2.24) is 14.7 Å². The fourth-order valence-corrected chi connectivity index (χ4v) is 4.85. The molecule has 0 bridgehead atoms. The van der Waals surface area contributed by atoms with Crippen LogP contribution in [0.4, 0.5) is 10.5 Å². The minimum Gasteiger partial charge on any atom is -0.334 e. The first-order valence-corrected chi connectivity index (χ1v) is 14.1. The van der Waals surface area contributed by atoms with Crippen LogP contribution in [0.15, 0.2) is 107 Å². The molecule has 0 unspecified atom stereocenters. The number of nitrogens with one attached hydrogen (secondary N) is 2. The first kappa shape index (κ1) is 24.7. The average Bonchev–Trinajstić information content (AvgIpc) is 3.32. The summed E-state index contributed by atoms with van der Waals surface area (Å²) in [6.45, 7) is 0.400. The quantitative estimate of drug-likeness (QED) is 0.254. The highest BCUT2D eigenvalue weighted by Crippen LogP contribution is 2.26. The number of rotatable bonds is 6. The molecular formula is C28H23BrN4O3S. The third kappa shape index (κ3) is 5.73. The van der Waals surface area contributed by atoms with Crippen LogP contribution in [-0.2, 0) is 16.4 Å². The maximum Gasteiger partial charge on any atom is 0.319 e. The molecule has 2 N–H and O–H groups in total. The van der Waals surface area contributed by atoms with Crippen molar-refractivity contribution in [1.29, 1.82) is 0 Å². The van der Waals surface area contributed by atoms with Gasteiger partial charge in [-0.1, -0.05) is 52.3 Å². The average molecular weight is 575 g/mol. The Hall–Kier alpha value is -3.95. The van der Waals surface area contributed by atoms with Gasteiger partial charge in [0.05, 0.1) is 16.8 Å². The molecule has 7 nitrogen and oxygen atoms in total. The molecule has 0 aliphatic heterocycles. The van der Waals surface area contributed by atoms with E-state index in [4.69, 9.17) is 0 Å². The van der Waals surface area contributed by atoms with Gasteiger partial charge in [0, 0.05) is 34.7 Å². The van der Waals surface area contributed by atoms with Gasteiger partial charge in [0.2, 0.25) is 0 Å². The first-order chi connectivity index (χ1) is 17.8. The molecular weight excluding hydrogens is 552 g/mol. The normalized spacial score (nSPS) is 11.4. The lowest BCUT2D eigenvalue weighted by atomic mass is 10.1. The van der Waals surface area contributed by atoms with Crippen molar-refractivity contribution in [2.24, 2.45) is 0 Å². The number of sulfone groups is 1. The summed E-state index contributed by atoms with van der Waals surface area (Å²) in [6, 6.07) is 25.9. The zero-order chi connectivity index (χ0) is 26.0. The van der Waals surface area contributed by atoms with E-state index < -0.39 is 9.84 Å². The van der Waals surface area contributed by atoms with E-state index in [2.05, 4.69) is 31.5 Å². The summed E-state index contributed by atoms with van der Waals surface area (Å²) in [7, 11) is -3.23. The molecule has 9 heteroatoms. The van der Waals surface area contributed by atoms with Crippen LogP contribution in [0.5, 0.6) is 0 Å². The summed E-state index contributed by atoms with van der Waals surface area (Å²) >= 11 is 3.38. The number of hydrogen-bond acceptors (Lipinski definition) is 4. The van der Waals surface area contributed by atoms with Crippen molar-refractivity contribution in [2.75, 3.05) is 11.6 Å². The second kappa shape index (κ2) is 10.2. The number of benzene rings is 3. The van der Waals surface area contributed by atoms with E-state index in [1.54, 1.807) is 24.3 Å². The van der Waals surface area contributed by atoms with E-state index in [-0.39, 0.29) is 6.03 Å². The number of carbonyl (C=O) groups excluding carboxylic acids is 1. The second-order valence-corrected chi connectivity index (χ2v) is 11.5. The number of imidazole rings is 1. The molecule has 5 rings (SSSR count). The van der Waals surface area contributed by atoms with Crippen LogP contribution in [0.25, 0.3) is 28.0 Å². The van der Waals surface area contributed by atoms with Gasteiger partial charge in [-0.15, -0.1) is 0 Å². The van der Waals surface area contributed by atoms with E-state index in [9.17, 15) is 13.2 Å². The summed E-state index contributed by atoms with van der Waals surface area (Å²) < 4.78 is 26.4. The summed E-state index contributed by atoms with van der Waals surface area (Å²) in [5.74, 6) is 0. The van der Waals surface area contributed by atoms with Gasteiger partial charge in [-0.25, -0.2) is 18.2 Å². The Bertz CT molecular complexity index is 1680. The Kier molecular flexibility index (Phi) is 6.82. The molecule has 0 saturated carbocycles. The molecule has 0 aliphatic carbocycles. The predicted octanol–water partition coefficient (Wildman–Crippen LogP) is 6.16. The molecule has 0 aliphatic rings. The third-order valence-corrected chi connectivity index (χ3v) is 7.59. The predicted molar refractivity (Wildman–Crippen MR) is 149 cm³/mol. The molecule has 0 spiro atoms. The molecule has 37 heavy (non-hydrogen) atoms. The summed E-state index contributed by atoms with van der Waals surface area (Å²) in [5.41, 5.74) is 6.30. The number of carbonyl (C=O) groups is 1. The molecule has 0 saturated heterocycles. The smallest absolute Gasteiger partial charge is 0.319 e. The van der Waals surface area contributed by atoms with Crippen LogP contribution < -0.4 is 10.6 Å². The largest absolute Gasteiger partial charge is 0.334 e. The van der Waals surface area contributed by atoms with Gasteiger partial charge in [-0.05, 0) is 65.2 Å². The number of fused-ring (bicyclic) bond motifs is 1. The van der Waals surface area contributed by atoms with Gasteiger partial charge in [-0.2, -0.15) is 0 Å². The van der Waals surface area contributed by atoms with Gasteiger partial charge in [0.15, 0.2) is 9.84 Å². The summed E-state index contributed by atoms with van der Waals surface area (Å²) in [5, 5.41) is 5.68. The number of amides is 2. The minimum atomic E-state index is -3.23. The fourth-order valence-electron chi connectivity index (χ4n) is 3.95. The zero-order valence-electron chi connectivity index (χ0n) is 19.9.